The largest absolute Gasteiger partial charge is 0.359 e. The van der Waals surface area contributed by atoms with E-state index in [1.54, 1.807) is 18.2 Å². The summed E-state index contributed by atoms with van der Waals surface area (Å²) >= 11 is 5.97. The molecule has 2 aliphatic carbocycles. The third-order valence-electron chi connectivity index (χ3n) is 5.69. The third kappa shape index (κ3) is 5.18. The minimum Gasteiger partial charge on any atom is -0.359 e. The van der Waals surface area contributed by atoms with Gasteiger partial charge in [-0.2, -0.15) is 0 Å². The van der Waals surface area contributed by atoms with E-state index in [2.05, 4.69) is 10.5 Å². The molecule has 2 saturated carbocycles. The minimum absolute atomic E-state index is 0.132. The number of rotatable bonds is 7. The van der Waals surface area contributed by atoms with Crippen LogP contribution >= 0.6 is 11.6 Å². The number of carbonyl (C=O) groups is 2. The molecule has 154 valence electrons. The van der Waals surface area contributed by atoms with Crippen LogP contribution in [0.5, 0.6) is 0 Å². The standard InChI is InChI=1S/C22H26ClN3O3/c23-17-8-4-5-15(11-17)13-24-21(27)20-12-19(29-25-20)14-26(18-9-10-18)22(28)16-6-2-1-3-7-16/h4-5,8,11-12,16,18H,1-3,6-7,9-10,13-14H2,(H,24,27). The predicted octanol–water partition coefficient (Wildman–Crippen LogP) is 4.33. The molecule has 2 fully saturated rings. The fraction of sp³-hybridized carbons (Fsp3) is 0.500. The van der Waals surface area contributed by atoms with Crippen molar-refractivity contribution in [1.82, 2.24) is 15.4 Å². The maximum Gasteiger partial charge on any atom is 0.273 e. The molecule has 1 N–H and O–H groups in total. The highest BCUT2D eigenvalue weighted by molar-refractivity contribution is 6.30. The van der Waals surface area contributed by atoms with Crippen molar-refractivity contribution in [3.05, 3.63) is 52.4 Å². The van der Waals surface area contributed by atoms with Gasteiger partial charge in [-0.25, -0.2) is 0 Å². The Bertz CT molecular complexity index is 872. The first-order chi connectivity index (χ1) is 14.1. The number of aromatic nitrogens is 1. The van der Waals surface area contributed by atoms with Crippen LogP contribution in [0.15, 0.2) is 34.9 Å². The highest BCUT2D eigenvalue weighted by Gasteiger charge is 2.36. The minimum atomic E-state index is -0.309. The monoisotopic (exact) mass is 415 g/mol. The lowest BCUT2D eigenvalue weighted by Gasteiger charge is -2.28. The van der Waals surface area contributed by atoms with Gasteiger partial charge in [0, 0.05) is 29.6 Å². The summed E-state index contributed by atoms with van der Waals surface area (Å²) in [5.74, 6) is 0.605. The van der Waals surface area contributed by atoms with Crippen LogP contribution in [-0.4, -0.2) is 27.9 Å². The molecule has 6 nitrogen and oxygen atoms in total. The molecular weight excluding hydrogens is 390 g/mol. The van der Waals surface area contributed by atoms with E-state index in [-0.39, 0.29) is 23.4 Å². The van der Waals surface area contributed by atoms with Crippen LogP contribution in [-0.2, 0) is 17.9 Å². The van der Waals surface area contributed by atoms with E-state index >= 15 is 0 Å². The molecule has 2 aromatic rings. The van der Waals surface area contributed by atoms with Crippen LogP contribution in [0.3, 0.4) is 0 Å². The Labute approximate surface area is 175 Å². The van der Waals surface area contributed by atoms with Gasteiger partial charge in [-0.1, -0.05) is 48.2 Å². The summed E-state index contributed by atoms with van der Waals surface area (Å²) in [6.07, 6.45) is 7.54. The Morgan fingerprint density at radius 2 is 1.93 bits per heavy atom. The number of halogens is 1. The van der Waals surface area contributed by atoms with Crippen molar-refractivity contribution in [2.45, 2.75) is 64.1 Å². The number of benzene rings is 1. The molecule has 0 atom stereocenters. The summed E-state index contributed by atoms with van der Waals surface area (Å²) in [6.45, 7) is 0.741. The second-order valence-electron chi connectivity index (χ2n) is 8.02. The van der Waals surface area contributed by atoms with Gasteiger partial charge in [0.15, 0.2) is 11.5 Å². The van der Waals surface area contributed by atoms with E-state index < -0.39 is 0 Å². The Kier molecular flexibility index (Phi) is 6.19. The van der Waals surface area contributed by atoms with Gasteiger partial charge >= 0.3 is 0 Å². The van der Waals surface area contributed by atoms with E-state index in [1.807, 2.05) is 17.0 Å². The first-order valence-electron chi connectivity index (χ1n) is 10.4. The molecule has 0 bridgehead atoms. The van der Waals surface area contributed by atoms with E-state index in [9.17, 15) is 9.59 Å². The van der Waals surface area contributed by atoms with Crippen LogP contribution in [0.1, 0.15) is 66.8 Å². The highest BCUT2D eigenvalue weighted by atomic mass is 35.5. The fourth-order valence-electron chi connectivity index (χ4n) is 3.94. The molecule has 4 rings (SSSR count). The van der Waals surface area contributed by atoms with Crippen molar-refractivity contribution < 1.29 is 14.1 Å². The van der Waals surface area contributed by atoms with Gasteiger partial charge in [0.05, 0.1) is 6.54 Å². The number of carbonyl (C=O) groups excluding carboxylic acids is 2. The average Bonchev–Trinajstić information content (AvgIpc) is 3.48. The molecule has 0 saturated heterocycles. The average molecular weight is 416 g/mol. The lowest BCUT2D eigenvalue weighted by molar-refractivity contribution is -0.138. The molecule has 2 amide bonds. The van der Waals surface area contributed by atoms with Crippen molar-refractivity contribution in [3.8, 4) is 0 Å². The van der Waals surface area contributed by atoms with Crippen LogP contribution < -0.4 is 5.32 Å². The highest BCUT2D eigenvalue weighted by Crippen LogP contribution is 2.33. The maximum atomic E-state index is 13.0. The third-order valence-corrected chi connectivity index (χ3v) is 5.92. The topological polar surface area (TPSA) is 75.4 Å². The molecule has 1 aromatic carbocycles. The van der Waals surface area contributed by atoms with E-state index in [4.69, 9.17) is 16.1 Å². The Morgan fingerprint density at radius 1 is 1.14 bits per heavy atom. The van der Waals surface area contributed by atoms with Crippen molar-refractivity contribution in [3.63, 3.8) is 0 Å². The lowest BCUT2D eigenvalue weighted by atomic mass is 9.88. The number of amides is 2. The molecule has 0 radical (unpaired) electrons. The SMILES string of the molecule is O=C(NCc1cccc(Cl)c1)c1cc(CN(C(=O)C2CCCCC2)C2CC2)on1. The molecule has 7 heteroatoms. The van der Waals surface area contributed by atoms with Crippen molar-refractivity contribution >= 4 is 23.4 Å². The summed E-state index contributed by atoms with van der Waals surface area (Å²) in [6, 6.07) is 9.27. The van der Waals surface area contributed by atoms with Crippen LogP contribution in [0, 0.1) is 5.92 Å². The maximum absolute atomic E-state index is 13.0. The second-order valence-corrected chi connectivity index (χ2v) is 8.46. The zero-order valence-corrected chi connectivity index (χ0v) is 17.2. The predicted molar refractivity (Wildman–Crippen MR) is 109 cm³/mol. The number of nitrogens with one attached hydrogen (secondary N) is 1. The molecular formula is C22H26ClN3O3. The van der Waals surface area contributed by atoms with Gasteiger partial charge in [-0.05, 0) is 43.4 Å². The van der Waals surface area contributed by atoms with Crippen molar-refractivity contribution in [2.75, 3.05) is 0 Å². The summed E-state index contributed by atoms with van der Waals surface area (Å²) < 4.78 is 5.38. The number of hydrogen-bond donors (Lipinski definition) is 1. The van der Waals surface area contributed by atoms with Gasteiger partial charge in [0.1, 0.15) is 0 Å². The molecule has 0 spiro atoms. The van der Waals surface area contributed by atoms with Gasteiger partial charge in [0.25, 0.3) is 5.91 Å². The lowest BCUT2D eigenvalue weighted by Crippen LogP contribution is -2.38. The Morgan fingerprint density at radius 3 is 2.66 bits per heavy atom. The summed E-state index contributed by atoms with van der Waals surface area (Å²) in [4.78, 5) is 27.3. The molecule has 0 aliphatic heterocycles. The van der Waals surface area contributed by atoms with Crippen LogP contribution in [0.2, 0.25) is 5.02 Å². The van der Waals surface area contributed by atoms with Gasteiger partial charge in [-0.3, -0.25) is 9.59 Å². The molecule has 0 unspecified atom stereocenters. The summed E-state index contributed by atoms with van der Waals surface area (Å²) in [5, 5.41) is 7.35. The normalized spacial score (nSPS) is 17.1. The van der Waals surface area contributed by atoms with E-state index in [0.29, 0.717) is 29.9 Å². The van der Waals surface area contributed by atoms with Gasteiger partial charge in [0.2, 0.25) is 5.91 Å². The first-order valence-corrected chi connectivity index (χ1v) is 10.8. The molecule has 2 aliphatic rings. The summed E-state index contributed by atoms with van der Waals surface area (Å²) in [7, 11) is 0. The smallest absolute Gasteiger partial charge is 0.273 e. The van der Waals surface area contributed by atoms with E-state index in [0.717, 1.165) is 44.1 Å². The van der Waals surface area contributed by atoms with Crippen molar-refractivity contribution in [2.24, 2.45) is 5.92 Å². The van der Waals surface area contributed by atoms with E-state index in [1.165, 1.54) is 6.42 Å². The first kappa shape index (κ1) is 20.0. The Balaban J connectivity index is 1.35. The second kappa shape index (κ2) is 8.99. The molecule has 29 heavy (non-hydrogen) atoms. The van der Waals surface area contributed by atoms with Crippen LogP contribution in [0.25, 0.3) is 0 Å². The van der Waals surface area contributed by atoms with Gasteiger partial charge in [-0.15, -0.1) is 0 Å². The van der Waals surface area contributed by atoms with Crippen LogP contribution in [0.4, 0.5) is 0 Å². The number of hydrogen-bond acceptors (Lipinski definition) is 4. The molecule has 1 heterocycles. The quantitative estimate of drug-likeness (QED) is 0.730. The zero-order valence-electron chi connectivity index (χ0n) is 16.4. The number of nitrogens with zero attached hydrogens (tertiary/aromatic N) is 2. The van der Waals surface area contributed by atoms with Crippen molar-refractivity contribution in [1.29, 1.82) is 0 Å². The Hall–Kier alpha value is -2.34. The fourth-order valence-corrected chi connectivity index (χ4v) is 4.15. The summed E-state index contributed by atoms with van der Waals surface area (Å²) in [5.41, 5.74) is 1.13. The van der Waals surface area contributed by atoms with Gasteiger partial charge < -0.3 is 14.7 Å². The zero-order chi connectivity index (χ0) is 20.2. The molecule has 1 aromatic heterocycles.